The van der Waals surface area contributed by atoms with Crippen molar-refractivity contribution >= 4 is 13.8 Å². The molecule has 0 spiro atoms. The van der Waals surface area contributed by atoms with E-state index in [4.69, 9.17) is 24.3 Å². The highest BCUT2D eigenvalue weighted by Crippen LogP contribution is 2.43. The van der Waals surface area contributed by atoms with Gasteiger partial charge in [0.1, 0.15) is 6.61 Å². The van der Waals surface area contributed by atoms with Gasteiger partial charge in [0.15, 0.2) is 6.10 Å². The molecular formula is C42H84NO7P. The Morgan fingerprint density at radius 3 is 1.39 bits per heavy atom. The number of esters is 1. The summed E-state index contributed by atoms with van der Waals surface area (Å²) in [7, 11) is -4.28. The molecule has 3 N–H and O–H groups in total. The summed E-state index contributed by atoms with van der Waals surface area (Å²) in [6.45, 7) is 4.28. The van der Waals surface area contributed by atoms with E-state index >= 15 is 0 Å². The molecule has 0 aliphatic heterocycles. The van der Waals surface area contributed by atoms with Crippen LogP contribution in [0.15, 0.2) is 12.3 Å². The standard InChI is InChI=1S/C42H84NO7P/c1-3-5-7-9-11-13-15-17-19-21-23-25-27-29-31-33-35-42(44)50-41(40-49-51(45,46)48-38-36-43)39-47-37-34-32-30-28-26-24-22-20-18-16-14-12-10-8-6-4-2/h34,37,41H,3-33,35-36,38-40,43H2,1-2H3,(H,45,46)/b37-34-/t41-/m1/s1. The fourth-order valence-corrected chi connectivity index (χ4v) is 7.08. The third-order valence-corrected chi connectivity index (χ3v) is 10.5. The molecule has 0 aliphatic rings. The number of carbonyl (C=O) groups is 1. The van der Waals surface area contributed by atoms with Crippen molar-refractivity contribution in [3.8, 4) is 0 Å². The van der Waals surface area contributed by atoms with Gasteiger partial charge in [0, 0.05) is 13.0 Å². The second kappa shape index (κ2) is 40.3. The minimum atomic E-state index is -4.28. The Morgan fingerprint density at radius 2 is 0.980 bits per heavy atom. The van der Waals surface area contributed by atoms with Crippen molar-refractivity contribution in [2.45, 2.75) is 225 Å². The molecule has 0 bridgehead atoms. The van der Waals surface area contributed by atoms with E-state index < -0.39 is 13.9 Å². The highest BCUT2D eigenvalue weighted by Gasteiger charge is 2.25. The number of hydrogen-bond acceptors (Lipinski definition) is 7. The van der Waals surface area contributed by atoms with Crippen molar-refractivity contribution in [1.82, 2.24) is 0 Å². The molecule has 0 amide bonds. The first-order valence-corrected chi connectivity index (χ1v) is 23.2. The molecule has 9 heteroatoms. The Morgan fingerprint density at radius 1 is 0.588 bits per heavy atom. The first-order chi connectivity index (χ1) is 24.9. The number of phosphoric acid groups is 1. The normalized spacial score (nSPS) is 13.5. The third-order valence-electron chi connectivity index (χ3n) is 9.53. The van der Waals surface area contributed by atoms with Gasteiger partial charge < -0.3 is 20.1 Å². The highest BCUT2D eigenvalue weighted by molar-refractivity contribution is 7.47. The largest absolute Gasteiger partial charge is 0.498 e. The summed E-state index contributed by atoms with van der Waals surface area (Å²) in [4.78, 5) is 22.4. The van der Waals surface area contributed by atoms with Crippen LogP contribution >= 0.6 is 7.82 Å². The van der Waals surface area contributed by atoms with E-state index in [0.717, 1.165) is 32.1 Å². The van der Waals surface area contributed by atoms with Crippen LogP contribution < -0.4 is 5.73 Å². The zero-order valence-corrected chi connectivity index (χ0v) is 34.5. The number of phosphoric ester groups is 1. The van der Waals surface area contributed by atoms with Crippen LogP contribution in [-0.4, -0.2) is 43.3 Å². The molecule has 0 heterocycles. The number of rotatable bonds is 42. The van der Waals surface area contributed by atoms with Gasteiger partial charge in [0.2, 0.25) is 0 Å². The lowest BCUT2D eigenvalue weighted by Crippen LogP contribution is -2.27. The molecule has 0 aliphatic carbocycles. The molecule has 51 heavy (non-hydrogen) atoms. The van der Waals surface area contributed by atoms with Crippen molar-refractivity contribution in [3.63, 3.8) is 0 Å². The van der Waals surface area contributed by atoms with Crippen molar-refractivity contribution in [3.05, 3.63) is 12.3 Å². The lowest BCUT2D eigenvalue weighted by Gasteiger charge is -2.19. The number of carbonyl (C=O) groups excluding carboxylic acids is 1. The Kier molecular flexibility index (Phi) is 39.5. The number of nitrogens with two attached hydrogens (primary N) is 1. The highest BCUT2D eigenvalue weighted by atomic mass is 31.2. The number of unbranched alkanes of at least 4 members (excludes halogenated alkanes) is 29. The minimum Gasteiger partial charge on any atom is -0.498 e. The van der Waals surface area contributed by atoms with Gasteiger partial charge in [-0.1, -0.05) is 194 Å². The monoisotopic (exact) mass is 746 g/mol. The smallest absolute Gasteiger partial charge is 0.472 e. The molecule has 0 aromatic heterocycles. The van der Waals surface area contributed by atoms with Gasteiger partial charge in [-0.25, -0.2) is 4.57 Å². The predicted octanol–water partition coefficient (Wildman–Crippen LogP) is 13.0. The van der Waals surface area contributed by atoms with E-state index in [0.29, 0.717) is 6.42 Å². The van der Waals surface area contributed by atoms with Crippen LogP contribution in [0.1, 0.15) is 219 Å². The zero-order chi connectivity index (χ0) is 37.4. The van der Waals surface area contributed by atoms with E-state index in [2.05, 4.69) is 13.8 Å². The van der Waals surface area contributed by atoms with Gasteiger partial charge in [0.25, 0.3) is 0 Å². The van der Waals surface area contributed by atoms with Crippen molar-refractivity contribution in [1.29, 1.82) is 0 Å². The van der Waals surface area contributed by atoms with Crippen LogP contribution in [0.5, 0.6) is 0 Å². The van der Waals surface area contributed by atoms with Crippen molar-refractivity contribution < 1.29 is 32.8 Å². The van der Waals surface area contributed by atoms with Gasteiger partial charge in [-0.15, -0.1) is 0 Å². The molecule has 2 atom stereocenters. The molecule has 8 nitrogen and oxygen atoms in total. The molecule has 0 fully saturated rings. The fourth-order valence-electron chi connectivity index (χ4n) is 6.32. The molecule has 0 radical (unpaired) electrons. The van der Waals surface area contributed by atoms with E-state index in [1.807, 2.05) is 6.08 Å². The molecule has 304 valence electrons. The molecule has 0 saturated carbocycles. The van der Waals surface area contributed by atoms with Gasteiger partial charge in [-0.05, 0) is 25.3 Å². The first kappa shape index (κ1) is 50.1. The summed E-state index contributed by atoms with van der Waals surface area (Å²) in [6, 6.07) is 0. The maximum atomic E-state index is 12.6. The summed E-state index contributed by atoms with van der Waals surface area (Å²) in [6.07, 6.45) is 43.2. The number of ether oxygens (including phenoxy) is 2. The predicted molar refractivity (Wildman–Crippen MR) is 215 cm³/mol. The summed E-state index contributed by atoms with van der Waals surface area (Å²) in [5.74, 6) is -0.348. The van der Waals surface area contributed by atoms with E-state index in [-0.39, 0.29) is 32.3 Å². The van der Waals surface area contributed by atoms with Crippen LogP contribution in [0.4, 0.5) is 0 Å². The second-order valence-electron chi connectivity index (χ2n) is 14.6. The van der Waals surface area contributed by atoms with E-state index in [9.17, 15) is 14.3 Å². The molecule has 0 rings (SSSR count). The lowest BCUT2D eigenvalue weighted by molar-refractivity contribution is -0.153. The van der Waals surface area contributed by atoms with Gasteiger partial charge >= 0.3 is 13.8 Å². The van der Waals surface area contributed by atoms with E-state index in [1.165, 1.54) is 167 Å². The van der Waals surface area contributed by atoms with E-state index in [1.54, 1.807) is 6.26 Å². The Bertz CT molecular complexity index is 797. The molecule has 0 aromatic rings. The summed E-state index contributed by atoms with van der Waals surface area (Å²) in [5, 5.41) is 0. The van der Waals surface area contributed by atoms with Crippen LogP contribution in [0.25, 0.3) is 0 Å². The minimum absolute atomic E-state index is 0.0385. The van der Waals surface area contributed by atoms with Crippen molar-refractivity contribution in [2.24, 2.45) is 5.73 Å². The molecule has 0 aromatic carbocycles. The number of hydrogen-bond donors (Lipinski definition) is 2. The third kappa shape index (κ3) is 40.1. The summed E-state index contributed by atoms with van der Waals surface area (Å²) >= 11 is 0. The Balaban J connectivity index is 4.04. The van der Waals surface area contributed by atoms with Crippen LogP contribution in [-0.2, 0) is 27.9 Å². The van der Waals surface area contributed by atoms with Crippen molar-refractivity contribution in [2.75, 3.05) is 26.4 Å². The SMILES string of the molecule is CCCCCCCCCCCCCCCC/C=C\OC[C@H](COP(=O)(O)OCCN)OC(=O)CCCCCCCCCCCCCCCCCC. The van der Waals surface area contributed by atoms with Crippen LogP contribution in [0.3, 0.4) is 0 Å². The molecule has 0 saturated heterocycles. The van der Waals surface area contributed by atoms with Gasteiger partial charge in [-0.2, -0.15) is 0 Å². The summed E-state index contributed by atoms with van der Waals surface area (Å²) < 4.78 is 33.2. The topological polar surface area (TPSA) is 117 Å². The first-order valence-electron chi connectivity index (χ1n) is 21.7. The zero-order valence-electron chi connectivity index (χ0n) is 33.6. The maximum absolute atomic E-state index is 12.6. The quantitative estimate of drug-likeness (QED) is 0.0274. The fraction of sp³-hybridized carbons (Fsp3) is 0.929. The average Bonchev–Trinajstić information content (AvgIpc) is 3.12. The van der Waals surface area contributed by atoms with Crippen LogP contribution in [0, 0.1) is 0 Å². The maximum Gasteiger partial charge on any atom is 0.472 e. The van der Waals surface area contributed by atoms with Gasteiger partial charge in [0.05, 0.1) is 19.5 Å². The Hall–Kier alpha value is -0.920. The second-order valence-corrected chi connectivity index (χ2v) is 16.1. The summed E-state index contributed by atoms with van der Waals surface area (Å²) in [5.41, 5.74) is 5.36. The molecule has 1 unspecified atom stereocenters. The van der Waals surface area contributed by atoms with Gasteiger partial charge in [-0.3, -0.25) is 13.8 Å². The average molecular weight is 746 g/mol. The van der Waals surface area contributed by atoms with Crippen LogP contribution in [0.2, 0.25) is 0 Å². The Labute approximate surface area is 315 Å². The number of allylic oxidation sites excluding steroid dienone is 1. The lowest BCUT2D eigenvalue weighted by atomic mass is 10.0. The molecular weight excluding hydrogens is 661 g/mol.